The van der Waals surface area contributed by atoms with Crippen LogP contribution >= 0.6 is 7.82 Å². The summed E-state index contributed by atoms with van der Waals surface area (Å²) in [6, 6.07) is -0.759. The summed E-state index contributed by atoms with van der Waals surface area (Å²) < 4.78 is 23.6. The molecular formula is C41H84N2O6P+. The molecule has 0 saturated carbocycles. The van der Waals surface area contributed by atoms with Crippen molar-refractivity contribution in [2.75, 3.05) is 40.9 Å². The van der Waals surface area contributed by atoms with Crippen LogP contribution in [0.25, 0.3) is 0 Å². The summed E-state index contributed by atoms with van der Waals surface area (Å²) in [6.45, 7) is 4.87. The first-order chi connectivity index (χ1) is 24.0. The zero-order valence-electron chi connectivity index (χ0n) is 33.7. The lowest BCUT2D eigenvalue weighted by Gasteiger charge is -2.26. The van der Waals surface area contributed by atoms with Crippen molar-refractivity contribution in [2.45, 2.75) is 206 Å². The van der Waals surface area contributed by atoms with Gasteiger partial charge in [-0.3, -0.25) is 13.8 Å². The molecule has 298 valence electrons. The second-order valence-corrected chi connectivity index (χ2v) is 17.2. The Balaban J connectivity index is 4.41. The van der Waals surface area contributed by atoms with E-state index in [1.54, 1.807) is 0 Å². The Morgan fingerprint density at radius 1 is 0.660 bits per heavy atom. The van der Waals surface area contributed by atoms with Gasteiger partial charge in [-0.25, -0.2) is 4.57 Å². The highest BCUT2D eigenvalue weighted by atomic mass is 31.2. The number of aliphatic hydroxyl groups excluding tert-OH is 1. The predicted octanol–water partition coefficient (Wildman–Crippen LogP) is 11.2. The van der Waals surface area contributed by atoms with Crippen molar-refractivity contribution in [1.29, 1.82) is 0 Å². The number of quaternary nitrogens is 1. The van der Waals surface area contributed by atoms with Crippen LogP contribution in [-0.2, 0) is 18.4 Å². The second kappa shape index (κ2) is 34.0. The van der Waals surface area contributed by atoms with E-state index in [2.05, 4.69) is 31.3 Å². The van der Waals surface area contributed by atoms with Gasteiger partial charge >= 0.3 is 7.82 Å². The molecule has 0 aliphatic rings. The highest BCUT2D eigenvalue weighted by molar-refractivity contribution is 7.47. The molecule has 0 aromatic rings. The number of phosphoric ester groups is 1. The highest BCUT2D eigenvalue weighted by Gasteiger charge is 2.28. The number of hydrogen-bond acceptors (Lipinski definition) is 5. The SMILES string of the molecule is CCCCCCCC/C=C\CCCCCCCC(=O)N[C@@H](COP(=O)(O)OCC[N+](C)(C)C)[C@H](O)CCCCCCCCCCCCCCC. The summed E-state index contributed by atoms with van der Waals surface area (Å²) >= 11 is 0. The van der Waals surface area contributed by atoms with Gasteiger partial charge in [0.2, 0.25) is 5.91 Å². The van der Waals surface area contributed by atoms with Gasteiger partial charge in [0.15, 0.2) is 0 Å². The van der Waals surface area contributed by atoms with Crippen LogP contribution in [0.3, 0.4) is 0 Å². The van der Waals surface area contributed by atoms with Gasteiger partial charge < -0.3 is 19.8 Å². The van der Waals surface area contributed by atoms with Gasteiger partial charge in [0.1, 0.15) is 13.2 Å². The van der Waals surface area contributed by atoms with E-state index in [4.69, 9.17) is 9.05 Å². The lowest BCUT2D eigenvalue weighted by molar-refractivity contribution is -0.870. The third-order valence-electron chi connectivity index (χ3n) is 9.51. The van der Waals surface area contributed by atoms with E-state index < -0.39 is 20.0 Å². The van der Waals surface area contributed by atoms with Gasteiger partial charge in [0.25, 0.3) is 0 Å². The van der Waals surface area contributed by atoms with E-state index in [1.165, 1.54) is 116 Å². The molecule has 3 N–H and O–H groups in total. The Morgan fingerprint density at radius 2 is 1.08 bits per heavy atom. The van der Waals surface area contributed by atoms with E-state index in [0.29, 0.717) is 23.9 Å². The van der Waals surface area contributed by atoms with Crippen molar-refractivity contribution in [3.05, 3.63) is 12.2 Å². The molecule has 0 rings (SSSR count). The first-order valence-corrected chi connectivity index (χ1v) is 22.5. The van der Waals surface area contributed by atoms with Gasteiger partial charge in [0.05, 0.1) is 39.9 Å². The van der Waals surface area contributed by atoms with Crippen LogP contribution in [0.15, 0.2) is 12.2 Å². The molecule has 8 nitrogen and oxygen atoms in total. The number of hydrogen-bond donors (Lipinski definition) is 3. The first kappa shape index (κ1) is 49.2. The quantitative estimate of drug-likeness (QED) is 0.0253. The molecule has 0 aliphatic carbocycles. The number of unbranched alkanes of at least 4 members (excludes halogenated alkanes) is 23. The van der Waals surface area contributed by atoms with Crippen LogP contribution in [0.4, 0.5) is 0 Å². The fourth-order valence-corrected chi connectivity index (χ4v) is 6.83. The van der Waals surface area contributed by atoms with E-state index in [-0.39, 0.29) is 19.1 Å². The summed E-state index contributed by atoms with van der Waals surface area (Å²) in [5, 5.41) is 13.9. The molecule has 0 spiro atoms. The zero-order valence-corrected chi connectivity index (χ0v) is 34.5. The summed E-state index contributed by atoms with van der Waals surface area (Å²) in [5.74, 6) is -0.153. The number of amides is 1. The molecule has 0 bridgehead atoms. The minimum atomic E-state index is -4.31. The molecule has 1 amide bonds. The molecule has 0 aromatic heterocycles. The van der Waals surface area contributed by atoms with Crippen molar-refractivity contribution in [3.8, 4) is 0 Å². The highest BCUT2D eigenvalue weighted by Crippen LogP contribution is 2.43. The number of carbonyl (C=O) groups excluding carboxylic acids is 1. The van der Waals surface area contributed by atoms with Crippen LogP contribution in [0.1, 0.15) is 194 Å². The van der Waals surface area contributed by atoms with Crippen molar-refractivity contribution in [3.63, 3.8) is 0 Å². The van der Waals surface area contributed by atoms with Crippen LogP contribution in [0, 0.1) is 0 Å². The Morgan fingerprint density at radius 3 is 1.54 bits per heavy atom. The number of likely N-dealkylation sites (N-methyl/N-ethyl adjacent to an activating group) is 1. The summed E-state index contributed by atoms with van der Waals surface area (Å²) in [7, 11) is 1.61. The Labute approximate surface area is 310 Å². The van der Waals surface area contributed by atoms with Crippen molar-refractivity contribution >= 4 is 13.7 Å². The third kappa shape index (κ3) is 35.6. The van der Waals surface area contributed by atoms with Crippen LogP contribution in [-0.4, -0.2) is 73.4 Å². The topological polar surface area (TPSA) is 105 Å². The first-order valence-electron chi connectivity index (χ1n) is 21.1. The van der Waals surface area contributed by atoms with E-state index in [9.17, 15) is 19.4 Å². The van der Waals surface area contributed by atoms with Crippen molar-refractivity contribution < 1.29 is 32.9 Å². The molecule has 0 heterocycles. The maximum Gasteiger partial charge on any atom is 0.472 e. The van der Waals surface area contributed by atoms with Crippen LogP contribution in [0.5, 0.6) is 0 Å². The molecule has 0 aromatic carbocycles. The van der Waals surface area contributed by atoms with Crippen LogP contribution in [0.2, 0.25) is 0 Å². The zero-order chi connectivity index (χ0) is 37.2. The summed E-state index contributed by atoms with van der Waals surface area (Å²) in [4.78, 5) is 23.1. The van der Waals surface area contributed by atoms with Gasteiger partial charge in [-0.15, -0.1) is 0 Å². The minimum absolute atomic E-state index is 0.0747. The molecule has 0 fully saturated rings. The van der Waals surface area contributed by atoms with Gasteiger partial charge in [-0.05, 0) is 38.5 Å². The molecule has 50 heavy (non-hydrogen) atoms. The second-order valence-electron chi connectivity index (χ2n) is 15.7. The molecular weight excluding hydrogens is 647 g/mol. The summed E-state index contributed by atoms with van der Waals surface area (Å²) in [5.41, 5.74) is 0. The lowest BCUT2D eigenvalue weighted by atomic mass is 10.0. The Kier molecular flexibility index (Phi) is 33.5. The molecule has 0 saturated heterocycles. The average molecular weight is 732 g/mol. The molecule has 0 radical (unpaired) electrons. The fourth-order valence-electron chi connectivity index (χ4n) is 6.10. The van der Waals surface area contributed by atoms with Gasteiger partial charge in [-0.2, -0.15) is 0 Å². The number of rotatable bonds is 38. The Bertz CT molecular complexity index is 834. The minimum Gasteiger partial charge on any atom is -0.391 e. The fraction of sp³-hybridized carbons (Fsp3) is 0.927. The van der Waals surface area contributed by atoms with Gasteiger partial charge in [-0.1, -0.05) is 161 Å². The largest absolute Gasteiger partial charge is 0.472 e. The number of allylic oxidation sites excluding steroid dienone is 2. The number of nitrogens with one attached hydrogen (secondary N) is 1. The monoisotopic (exact) mass is 732 g/mol. The average Bonchev–Trinajstić information content (AvgIpc) is 3.06. The number of phosphoric acid groups is 1. The van der Waals surface area contributed by atoms with E-state index >= 15 is 0 Å². The molecule has 3 atom stereocenters. The van der Waals surface area contributed by atoms with Gasteiger partial charge in [0, 0.05) is 6.42 Å². The van der Waals surface area contributed by atoms with Crippen LogP contribution < -0.4 is 5.32 Å². The standard InChI is InChI=1S/C41H83N2O6P/c1-6-8-10-12-14-16-18-20-21-23-25-27-29-31-33-35-41(45)42-39(38-49-50(46,47)48-37-36-43(3,4)5)40(44)34-32-30-28-26-24-22-19-17-15-13-11-9-7-2/h20-21,39-40,44H,6-19,22-38H2,1-5H3,(H-,42,45,46,47)/p+1/b21-20-/t39-,40+/m0/s1. The molecule has 0 aliphatic heterocycles. The number of carbonyl (C=O) groups is 1. The number of nitrogens with zero attached hydrogens (tertiary/aromatic N) is 1. The van der Waals surface area contributed by atoms with Crippen molar-refractivity contribution in [1.82, 2.24) is 5.32 Å². The molecule has 9 heteroatoms. The number of aliphatic hydroxyl groups is 1. The normalized spacial score (nSPS) is 14.6. The lowest BCUT2D eigenvalue weighted by Crippen LogP contribution is -2.46. The molecule has 1 unspecified atom stereocenters. The maximum atomic E-state index is 12.8. The van der Waals surface area contributed by atoms with E-state index in [0.717, 1.165) is 51.4 Å². The smallest absolute Gasteiger partial charge is 0.391 e. The van der Waals surface area contributed by atoms with E-state index in [1.807, 2.05) is 21.1 Å². The maximum absolute atomic E-state index is 12.8. The summed E-state index contributed by atoms with van der Waals surface area (Å²) in [6.07, 6.45) is 36.5. The third-order valence-corrected chi connectivity index (χ3v) is 10.5. The Hall–Kier alpha value is -0.760. The predicted molar refractivity (Wildman–Crippen MR) is 212 cm³/mol. The van der Waals surface area contributed by atoms with Crippen molar-refractivity contribution in [2.24, 2.45) is 0 Å².